The van der Waals surface area contributed by atoms with Crippen LogP contribution in [0.15, 0.2) is 28.5 Å². The summed E-state index contributed by atoms with van der Waals surface area (Å²) < 4.78 is 1.37. The van der Waals surface area contributed by atoms with E-state index in [0.717, 1.165) is 0 Å². The van der Waals surface area contributed by atoms with Gasteiger partial charge in [0.25, 0.3) is 5.56 Å². The molecule has 1 N–H and O–H groups in total. The first-order valence-corrected chi connectivity index (χ1v) is 6.89. The first-order chi connectivity index (χ1) is 8.59. The number of rotatable bonds is 4. The van der Waals surface area contributed by atoms with E-state index in [2.05, 4.69) is 10.4 Å². The van der Waals surface area contributed by atoms with Crippen LogP contribution in [-0.4, -0.2) is 9.78 Å². The lowest BCUT2D eigenvalue weighted by Crippen LogP contribution is -2.25. The van der Waals surface area contributed by atoms with Gasteiger partial charge in [0, 0.05) is 11.4 Å². The van der Waals surface area contributed by atoms with Crippen molar-refractivity contribution < 1.29 is 0 Å². The molecule has 96 valence electrons. The highest BCUT2D eigenvalue weighted by atomic mass is 35.5. The fourth-order valence-electron chi connectivity index (χ4n) is 1.53. The van der Waals surface area contributed by atoms with Gasteiger partial charge >= 0.3 is 0 Å². The van der Waals surface area contributed by atoms with Crippen LogP contribution < -0.4 is 10.9 Å². The van der Waals surface area contributed by atoms with Crippen molar-refractivity contribution in [2.75, 3.05) is 5.32 Å². The molecule has 0 bridgehead atoms. The monoisotopic (exact) mass is 283 g/mol. The van der Waals surface area contributed by atoms with Crippen LogP contribution in [-0.2, 0) is 6.54 Å². The maximum atomic E-state index is 11.9. The van der Waals surface area contributed by atoms with Crippen LogP contribution in [0.2, 0.25) is 5.02 Å². The van der Waals surface area contributed by atoms with Gasteiger partial charge in [0.05, 0.1) is 17.9 Å². The lowest BCUT2D eigenvalue weighted by molar-refractivity contribution is 0.503. The highest BCUT2D eigenvalue weighted by molar-refractivity contribution is 7.09. The van der Waals surface area contributed by atoms with Crippen molar-refractivity contribution in [2.24, 2.45) is 0 Å². The maximum Gasteiger partial charge on any atom is 0.287 e. The number of nitrogens with zero attached hydrogens (tertiary/aromatic N) is 2. The molecule has 0 saturated heterocycles. The van der Waals surface area contributed by atoms with Crippen molar-refractivity contribution in [1.82, 2.24) is 9.78 Å². The predicted molar refractivity (Wildman–Crippen MR) is 75.5 cm³/mol. The third kappa shape index (κ3) is 2.73. The number of hydrogen-bond donors (Lipinski definition) is 1. The molecule has 18 heavy (non-hydrogen) atoms. The summed E-state index contributed by atoms with van der Waals surface area (Å²) in [6.45, 7) is 4.43. The molecule has 0 unspecified atom stereocenters. The first-order valence-electron chi connectivity index (χ1n) is 5.63. The zero-order valence-electron chi connectivity index (χ0n) is 10.2. The second-order valence-corrected chi connectivity index (χ2v) is 5.56. The molecule has 0 spiro atoms. The van der Waals surface area contributed by atoms with Crippen LogP contribution in [0, 0.1) is 0 Å². The summed E-state index contributed by atoms with van der Waals surface area (Å²) in [5.41, 5.74) is 0.315. The molecular formula is C12H14ClN3OS. The maximum absolute atomic E-state index is 11.9. The molecule has 0 fully saturated rings. The average molecular weight is 284 g/mol. The van der Waals surface area contributed by atoms with Gasteiger partial charge in [0.1, 0.15) is 5.02 Å². The van der Waals surface area contributed by atoms with Gasteiger partial charge in [-0.05, 0) is 25.3 Å². The van der Waals surface area contributed by atoms with Crippen LogP contribution in [0.25, 0.3) is 0 Å². The van der Waals surface area contributed by atoms with Gasteiger partial charge in [-0.1, -0.05) is 17.7 Å². The molecule has 0 atom stereocenters. The van der Waals surface area contributed by atoms with Crippen molar-refractivity contribution in [3.63, 3.8) is 0 Å². The number of aromatic nitrogens is 2. The van der Waals surface area contributed by atoms with Crippen molar-refractivity contribution in [1.29, 1.82) is 0 Å². The van der Waals surface area contributed by atoms with E-state index in [1.165, 1.54) is 9.56 Å². The third-order valence-electron chi connectivity index (χ3n) is 2.47. The molecule has 2 aromatic heterocycles. The normalized spacial score (nSPS) is 10.9. The fraction of sp³-hybridized carbons (Fsp3) is 0.333. The van der Waals surface area contributed by atoms with E-state index in [1.54, 1.807) is 17.5 Å². The molecule has 0 aliphatic carbocycles. The second kappa shape index (κ2) is 5.54. The van der Waals surface area contributed by atoms with E-state index in [-0.39, 0.29) is 16.6 Å². The van der Waals surface area contributed by atoms with Gasteiger partial charge in [-0.15, -0.1) is 11.3 Å². The van der Waals surface area contributed by atoms with Crippen molar-refractivity contribution in [2.45, 2.75) is 26.4 Å². The molecule has 2 rings (SSSR count). The molecule has 0 aromatic carbocycles. The highest BCUT2D eigenvalue weighted by Gasteiger charge is 2.10. The fourth-order valence-corrected chi connectivity index (χ4v) is 2.38. The Morgan fingerprint density at radius 2 is 2.33 bits per heavy atom. The smallest absolute Gasteiger partial charge is 0.287 e. The average Bonchev–Trinajstić information content (AvgIpc) is 2.83. The molecule has 0 aliphatic heterocycles. The Labute approximate surface area is 114 Å². The SMILES string of the molecule is CC(C)n1ncc(NCc2cccs2)c(Cl)c1=O. The van der Waals surface area contributed by atoms with Gasteiger partial charge in [-0.3, -0.25) is 4.79 Å². The van der Waals surface area contributed by atoms with Gasteiger partial charge in [-0.25, -0.2) is 4.68 Å². The number of thiophene rings is 1. The Hall–Kier alpha value is -1.33. The molecular weight excluding hydrogens is 270 g/mol. The summed E-state index contributed by atoms with van der Waals surface area (Å²) in [4.78, 5) is 13.1. The number of anilines is 1. The Balaban J connectivity index is 2.20. The molecule has 2 aromatic rings. The van der Waals surface area contributed by atoms with Crippen LogP contribution in [0.5, 0.6) is 0 Å². The van der Waals surface area contributed by atoms with Crippen LogP contribution in [0.1, 0.15) is 24.8 Å². The van der Waals surface area contributed by atoms with Crippen LogP contribution >= 0.6 is 22.9 Å². The van der Waals surface area contributed by atoms with Crippen molar-refractivity contribution in [3.8, 4) is 0 Å². The topological polar surface area (TPSA) is 46.9 Å². The molecule has 4 nitrogen and oxygen atoms in total. The zero-order valence-corrected chi connectivity index (χ0v) is 11.8. The van der Waals surface area contributed by atoms with Gasteiger partial charge < -0.3 is 5.32 Å². The Kier molecular flexibility index (Phi) is 4.04. The standard InChI is InChI=1S/C12H14ClN3OS/c1-8(2)16-12(17)11(13)10(7-15-16)14-6-9-4-3-5-18-9/h3-5,7-8,14H,6H2,1-2H3. The molecule has 0 aliphatic rings. The first kappa shape index (κ1) is 13.1. The minimum Gasteiger partial charge on any atom is -0.377 e. The molecule has 6 heteroatoms. The summed E-state index contributed by atoms with van der Waals surface area (Å²) in [7, 11) is 0. The van der Waals surface area contributed by atoms with E-state index < -0.39 is 0 Å². The minimum atomic E-state index is -0.261. The summed E-state index contributed by atoms with van der Waals surface area (Å²) in [6, 6.07) is 4.01. The minimum absolute atomic E-state index is 0.00125. The van der Waals surface area contributed by atoms with Gasteiger partial charge in [0.2, 0.25) is 0 Å². The van der Waals surface area contributed by atoms with E-state index in [4.69, 9.17) is 11.6 Å². The number of nitrogens with one attached hydrogen (secondary N) is 1. The predicted octanol–water partition coefficient (Wildman–Crippen LogP) is 3.15. The van der Waals surface area contributed by atoms with E-state index in [0.29, 0.717) is 12.2 Å². The molecule has 2 heterocycles. The van der Waals surface area contributed by atoms with Gasteiger partial charge in [0.15, 0.2) is 0 Å². The lowest BCUT2D eigenvalue weighted by Gasteiger charge is -2.11. The van der Waals surface area contributed by atoms with Crippen LogP contribution in [0.4, 0.5) is 5.69 Å². The Morgan fingerprint density at radius 1 is 1.56 bits per heavy atom. The third-order valence-corrected chi connectivity index (χ3v) is 3.71. The summed E-state index contributed by atoms with van der Waals surface area (Å²) in [5.74, 6) is 0. The van der Waals surface area contributed by atoms with E-state index >= 15 is 0 Å². The zero-order chi connectivity index (χ0) is 13.1. The summed E-state index contributed by atoms with van der Waals surface area (Å²) in [6.07, 6.45) is 1.59. The van der Waals surface area contributed by atoms with E-state index in [1.807, 2.05) is 31.4 Å². The van der Waals surface area contributed by atoms with Crippen LogP contribution in [0.3, 0.4) is 0 Å². The largest absolute Gasteiger partial charge is 0.377 e. The highest BCUT2D eigenvalue weighted by Crippen LogP contribution is 2.18. The molecule has 0 saturated carbocycles. The number of hydrogen-bond acceptors (Lipinski definition) is 4. The van der Waals surface area contributed by atoms with Crippen molar-refractivity contribution in [3.05, 3.63) is 44.0 Å². The quantitative estimate of drug-likeness (QED) is 0.938. The van der Waals surface area contributed by atoms with Gasteiger partial charge in [-0.2, -0.15) is 5.10 Å². The summed E-state index contributed by atoms with van der Waals surface area (Å²) in [5, 5.41) is 9.42. The summed E-state index contributed by atoms with van der Waals surface area (Å²) >= 11 is 7.70. The van der Waals surface area contributed by atoms with E-state index in [9.17, 15) is 4.79 Å². The van der Waals surface area contributed by atoms with Crippen molar-refractivity contribution >= 4 is 28.6 Å². The second-order valence-electron chi connectivity index (χ2n) is 4.15. The lowest BCUT2D eigenvalue weighted by atomic mass is 10.3. The number of halogens is 1. The Morgan fingerprint density at radius 3 is 2.94 bits per heavy atom. The molecule has 0 amide bonds. The molecule has 0 radical (unpaired) electrons. The Bertz CT molecular complexity index is 578.